The van der Waals surface area contributed by atoms with Crippen LogP contribution in [0.4, 0.5) is 0 Å². The smallest absolute Gasteiger partial charge is 0.317 e. The molecule has 1 fully saturated rings. The number of hydrogen-bond donors (Lipinski definition) is 2. The van der Waals surface area contributed by atoms with Gasteiger partial charge in [-0.3, -0.25) is 9.59 Å². The molecule has 0 aliphatic heterocycles. The highest BCUT2D eigenvalue weighted by Crippen LogP contribution is 2.52. The first kappa shape index (κ1) is 13.1. The lowest BCUT2D eigenvalue weighted by Crippen LogP contribution is -2.54. The molecule has 5 heteroatoms. The maximum Gasteiger partial charge on any atom is 0.317 e. The zero-order valence-corrected chi connectivity index (χ0v) is 11.2. The molecule has 2 atom stereocenters. The van der Waals surface area contributed by atoms with E-state index in [0.29, 0.717) is 11.3 Å². The Balaban J connectivity index is 2.19. The molecule has 0 unspecified atom stereocenters. The minimum Gasteiger partial charge on any atom is -0.497 e. The van der Waals surface area contributed by atoms with Gasteiger partial charge in [-0.2, -0.15) is 0 Å². The zero-order chi connectivity index (χ0) is 14.5. The summed E-state index contributed by atoms with van der Waals surface area (Å²) in [6.07, 6.45) is 0.470. The largest absolute Gasteiger partial charge is 0.497 e. The van der Waals surface area contributed by atoms with Crippen LogP contribution in [0.2, 0.25) is 0 Å². The number of ether oxygens (including phenoxy) is 1. The molecule has 2 bridgehead atoms. The summed E-state index contributed by atoms with van der Waals surface area (Å²) in [6.45, 7) is 0. The number of carbonyl (C=O) groups excluding carboxylic acids is 1. The van der Waals surface area contributed by atoms with E-state index in [1.165, 1.54) is 7.11 Å². The lowest BCUT2D eigenvalue weighted by atomic mass is 9.57. The van der Waals surface area contributed by atoms with Gasteiger partial charge in [0.25, 0.3) is 0 Å². The summed E-state index contributed by atoms with van der Waals surface area (Å²) in [4.78, 5) is 23.8. The van der Waals surface area contributed by atoms with Crippen molar-refractivity contribution in [2.45, 2.75) is 31.3 Å². The van der Waals surface area contributed by atoms with Crippen molar-refractivity contribution >= 4 is 11.8 Å². The summed E-state index contributed by atoms with van der Waals surface area (Å²) < 4.78 is 5.14. The molecule has 0 spiro atoms. The highest BCUT2D eigenvalue weighted by atomic mass is 16.5. The minimum absolute atomic E-state index is 0.0342. The van der Waals surface area contributed by atoms with E-state index in [-0.39, 0.29) is 31.5 Å². The molecule has 1 aromatic carbocycles. The number of hydrogen-bond acceptors (Lipinski definition) is 4. The van der Waals surface area contributed by atoms with Crippen molar-refractivity contribution in [1.82, 2.24) is 0 Å². The fourth-order valence-corrected chi connectivity index (χ4v) is 3.53. The van der Waals surface area contributed by atoms with Crippen molar-refractivity contribution in [3.05, 3.63) is 29.3 Å². The van der Waals surface area contributed by atoms with E-state index in [4.69, 9.17) is 4.74 Å². The molecule has 2 aliphatic carbocycles. The van der Waals surface area contributed by atoms with Crippen LogP contribution in [0.3, 0.4) is 0 Å². The monoisotopic (exact) mass is 276 g/mol. The predicted molar refractivity (Wildman–Crippen MR) is 69.5 cm³/mol. The van der Waals surface area contributed by atoms with Crippen LogP contribution in [0.15, 0.2) is 18.2 Å². The number of aliphatic carboxylic acids is 1. The summed E-state index contributed by atoms with van der Waals surface area (Å²) in [5, 5.41) is 20.3. The lowest BCUT2D eigenvalue weighted by molar-refractivity contribution is -0.168. The highest BCUT2D eigenvalue weighted by molar-refractivity contribution is 6.04. The van der Waals surface area contributed by atoms with Crippen LogP contribution >= 0.6 is 0 Å². The standard InChI is InChI=1S/C15H16O5/c1-20-10-2-3-11-9(6-10)7-14(13(17)18)8-15(11,19)5-4-12(14)16/h2-3,6,19H,4-5,7-8H2,1H3,(H,17,18)/t14-,15-/m1/s1. The second-order valence-electron chi connectivity index (χ2n) is 5.72. The minimum atomic E-state index is -1.49. The van der Waals surface area contributed by atoms with E-state index < -0.39 is 17.0 Å². The Morgan fingerprint density at radius 2 is 2.15 bits per heavy atom. The Bertz CT molecular complexity index is 608. The number of carbonyl (C=O) groups is 2. The summed E-state index contributed by atoms with van der Waals surface area (Å²) in [5.41, 5.74) is -1.31. The Morgan fingerprint density at radius 3 is 2.80 bits per heavy atom. The Morgan fingerprint density at radius 1 is 1.40 bits per heavy atom. The molecule has 5 nitrogen and oxygen atoms in total. The van der Waals surface area contributed by atoms with Gasteiger partial charge in [0.2, 0.25) is 0 Å². The van der Waals surface area contributed by atoms with Crippen molar-refractivity contribution < 1.29 is 24.5 Å². The van der Waals surface area contributed by atoms with E-state index in [1.54, 1.807) is 18.2 Å². The fourth-order valence-electron chi connectivity index (χ4n) is 3.53. The highest BCUT2D eigenvalue weighted by Gasteiger charge is 2.58. The van der Waals surface area contributed by atoms with E-state index in [1.807, 2.05) is 0 Å². The molecule has 3 rings (SSSR count). The topological polar surface area (TPSA) is 83.8 Å². The SMILES string of the molecule is COc1ccc2c(c1)C[C@@]1(C(=O)O)C[C@]2(O)CCC1=O. The molecule has 0 heterocycles. The molecule has 0 radical (unpaired) electrons. The summed E-state index contributed by atoms with van der Waals surface area (Å²) in [7, 11) is 1.53. The van der Waals surface area contributed by atoms with Gasteiger partial charge in [0.1, 0.15) is 11.2 Å². The van der Waals surface area contributed by atoms with Crippen LogP contribution in [-0.2, 0) is 21.6 Å². The van der Waals surface area contributed by atoms with Crippen molar-refractivity contribution in [2.24, 2.45) is 5.41 Å². The Hall–Kier alpha value is -1.88. The first-order valence-electron chi connectivity index (χ1n) is 6.58. The molecule has 0 saturated heterocycles. The van der Waals surface area contributed by atoms with Crippen LogP contribution in [-0.4, -0.2) is 29.1 Å². The first-order chi connectivity index (χ1) is 9.41. The molecule has 1 saturated carbocycles. The van der Waals surface area contributed by atoms with Crippen molar-refractivity contribution in [3.63, 3.8) is 0 Å². The maximum atomic E-state index is 12.2. The van der Waals surface area contributed by atoms with E-state index in [0.717, 1.165) is 5.56 Å². The number of fused-ring (bicyclic) bond motifs is 4. The number of carboxylic acids is 1. The third-order valence-electron chi connectivity index (χ3n) is 4.61. The van der Waals surface area contributed by atoms with E-state index in [9.17, 15) is 19.8 Å². The summed E-state index contributed by atoms with van der Waals surface area (Å²) >= 11 is 0. The average molecular weight is 276 g/mol. The molecule has 2 aliphatic rings. The van der Waals surface area contributed by atoms with Gasteiger partial charge in [0.15, 0.2) is 5.78 Å². The number of Topliss-reactive ketones (excluding diaryl/α,β-unsaturated/α-hetero) is 1. The third-order valence-corrected chi connectivity index (χ3v) is 4.61. The molecule has 2 N–H and O–H groups in total. The molecule has 20 heavy (non-hydrogen) atoms. The van der Waals surface area contributed by atoms with Gasteiger partial charge in [0, 0.05) is 12.8 Å². The van der Waals surface area contributed by atoms with Crippen LogP contribution in [0, 0.1) is 5.41 Å². The molecular formula is C15H16O5. The average Bonchev–Trinajstić information content (AvgIpc) is 2.42. The number of aliphatic hydroxyl groups is 1. The van der Waals surface area contributed by atoms with Crippen molar-refractivity contribution in [1.29, 1.82) is 0 Å². The van der Waals surface area contributed by atoms with E-state index in [2.05, 4.69) is 0 Å². The van der Waals surface area contributed by atoms with Gasteiger partial charge in [-0.1, -0.05) is 6.07 Å². The second kappa shape index (κ2) is 4.06. The van der Waals surface area contributed by atoms with Crippen LogP contribution < -0.4 is 4.74 Å². The van der Waals surface area contributed by atoms with Gasteiger partial charge in [-0.15, -0.1) is 0 Å². The first-order valence-corrected chi connectivity index (χ1v) is 6.58. The van der Waals surface area contributed by atoms with Crippen LogP contribution in [0.25, 0.3) is 0 Å². The van der Waals surface area contributed by atoms with Crippen molar-refractivity contribution in [3.8, 4) is 5.75 Å². The summed E-state index contributed by atoms with van der Waals surface area (Å²) in [6, 6.07) is 5.24. The number of methoxy groups -OCH3 is 1. The number of rotatable bonds is 2. The molecule has 1 aromatic rings. The van der Waals surface area contributed by atoms with Gasteiger partial charge in [0.05, 0.1) is 12.7 Å². The number of ketones is 1. The van der Waals surface area contributed by atoms with Gasteiger partial charge in [-0.05, 0) is 36.1 Å². The Labute approximate surface area is 116 Å². The molecule has 106 valence electrons. The van der Waals surface area contributed by atoms with Gasteiger partial charge < -0.3 is 14.9 Å². The number of benzene rings is 1. The lowest BCUT2D eigenvalue weighted by Gasteiger charge is -2.47. The maximum absolute atomic E-state index is 12.2. The normalized spacial score (nSPS) is 31.6. The third kappa shape index (κ3) is 1.59. The summed E-state index contributed by atoms with van der Waals surface area (Å²) in [5.74, 6) is -0.836. The van der Waals surface area contributed by atoms with E-state index >= 15 is 0 Å². The Kier molecular flexibility index (Phi) is 2.66. The fraction of sp³-hybridized carbons (Fsp3) is 0.467. The molecule has 0 aromatic heterocycles. The van der Waals surface area contributed by atoms with Gasteiger partial charge >= 0.3 is 5.97 Å². The van der Waals surface area contributed by atoms with Crippen molar-refractivity contribution in [2.75, 3.05) is 7.11 Å². The zero-order valence-electron chi connectivity index (χ0n) is 11.2. The quantitative estimate of drug-likeness (QED) is 0.794. The second-order valence-corrected chi connectivity index (χ2v) is 5.72. The van der Waals surface area contributed by atoms with Crippen LogP contribution in [0.5, 0.6) is 5.75 Å². The van der Waals surface area contributed by atoms with Gasteiger partial charge in [-0.25, -0.2) is 0 Å². The molecular weight excluding hydrogens is 260 g/mol. The van der Waals surface area contributed by atoms with Crippen LogP contribution in [0.1, 0.15) is 30.4 Å². The number of carboxylic acid groups (broad SMARTS) is 1. The predicted octanol–water partition coefficient (Wildman–Crippen LogP) is 1.26. The molecule has 0 amide bonds.